The standard InChI is InChI=1S/C34H28F3N3O3/c1-20-8-7-11-27(30(20)22-12-14-25(15-13-22)34(35,36)37)32(42)38-26-16-17-28-24(18-26)19-29(40(28)3)33(43)39-31(21(2)41)23-9-5-4-6-10-23/h4-19,31H,1-3H3,(H,38,42)(H,39,43). The maximum atomic E-state index is 13.4. The number of nitrogens with zero attached hydrogens (tertiary/aromatic N) is 1. The molecule has 218 valence electrons. The van der Waals surface area contributed by atoms with Gasteiger partial charge in [-0.15, -0.1) is 0 Å². The zero-order valence-electron chi connectivity index (χ0n) is 23.6. The highest BCUT2D eigenvalue weighted by molar-refractivity contribution is 6.10. The summed E-state index contributed by atoms with van der Waals surface area (Å²) >= 11 is 0. The summed E-state index contributed by atoms with van der Waals surface area (Å²) in [5, 5.41) is 6.38. The Kier molecular flexibility index (Phi) is 7.91. The number of carbonyl (C=O) groups is 3. The molecule has 0 aliphatic carbocycles. The molecule has 0 aliphatic rings. The van der Waals surface area contributed by atoms with Crippen molar-refractivity contribution in [2.24, 2.45) is 7.05 Å². The summed E-state index contributed by atoms with van der Waals surface area (Å²) in [5.74, 6) is -1.05. The van der Waals surface area contributed by atoms with Crippen LogP contribution in [-0.2, 0) is 18.0 Å². The Bertz CT molecular complexity index is 1840. The van der Waals surface area contributed by atoms with Crippen LogP contribution in [0.5, 0.6) is 0 Å². The number of Topliss-reactive ketones (excluding diaryl/α,β-unsaturated/α-hetero) is 1. The van der Waals surface area contributed by atoms with E-state index in [0.29, 0.717) is 39.0 Å². The third kappa shape index (κ3) is 6.06. The lowest BCUT2D eigenvalue weighted by Crippen LogP contribution is -2.33. The minimum atomic E-state index is -4.46. The van der Waals surface area contributed by atoms with E-state index in [9.17, 15) is 27.6 Å². The van der Waals surface area contributed by atoms with Crippen LogP contribution in [-0.4, -0.2) is 22.2 Å². The lowest BCUT2D eigenvalue weighted by Gasteiger charge is -2.16. The highest BCUT2D eigenvalue weighted by atomic mass is 19.4. The number of rotatable bonds is 7. The summed E-state index contributed by atoms with van der Waals surface area (Å²) in [6, 6.07) is 24.9. The molecule has 43 heavy (non-hydrogen) atoms. The first-order valence-corrected chi connectivity index (χ1v) is 13.5. The van der Waals surface area contributed by atoms with Crippen molar-refractivity contribution in [3.05, 3.63) is 125 Å². The summed E-state index contributed by atoms with van der Waals surface area (Å²) in [6.07, 6.45) is -4.46. The summed E-state index contributed by atoms with van der Waals surface area (Å²) < 4.78 is 41.0. The lowest BCUT2D eigenvalue weighted by atomic mass is 9.94. The van der Waals surface area contributed by atoms with Crippen LogP contribution < -0.4 is 10.6 Å². The van der Waals surface area contributed by atoms with E-state index in [1.807, 2.05) is 6.07 Å². The molecule has 6 nitrogen and oxygen atoms in total. The minimum Gasteiger partial charge on any atom is -0.340 e. The molecule has 1 heterocycles. The van der Waals surface area contributed by atoms with E-state index < -0.39 is 29.6 Å². The fourth-order valence-electron chi connectivity index (χ4n) is 5.18. The number of fused-ring (bicyclic) bond motifs is 1. The summed E-state index contributed by atoms with van der Waals surface area (Å²) in [7, 11) is 1.74. The molecule has 1 aromatic heterocycles. The number of aromatic nitrogens is 1. The van der Waals surface area contributed by atoms with Crippen LogP contribution in [0.4, 0.5) is 18.9 Å². The van der Waals surface area contributed by atoms with Crippen molar-refractivity contribution in [1.29, 1.82) is 0 Å². The number of hydrogen-bond donors (Lipinski definition) is 2. The maximum Gasteiger partial charge on any atom is 0.416 e. The maximum absolute atomic E-state index is 13.4. The highest BCUT2D eigenvalue weighted by Gasteiger charge is 2.30. The van der Waals surface area contributed by atoms with Crippen LogP contribution in [0.25, 0.3) is 22.0 Å². The van der Waals surface area contributed by atoms with Crippen LogP contribution in [0.2, 0.25) is 0 Å². The first-order valence-electron chi connectivity index (χ1n) is 13.5. The van der Waals surface area contributed by atoms with Gasteiger partial charge in [-0.25, -0.2) is 0 Å². The van der Waals surface area contributed by atoms with Crippen molar-refractivity contribution in [2.75, 3.05) is 5.32 Å². The average Bonchev–Trinajstić information content (AvgIpc) is 3.31. The molecule has 2 N–H and O–H groups in total. The molecule has 5 rings (SSSR count). The predicted octanol–water partition coefficient (Wildman–Crippen LogP) is 7.48. The zero-order chi connectivity index (χ0) is 30.9. The molecule has 0 fully saturated rings. The van der Waals surface area contributed by atoms with Gasteiger partial charge in [0.25, 0.3) is 11.8 Å². The molecule has 0 aliphatic heterocycles. The van der Waals surface area contributed by atoms with Gasteiger partial charge in [0, 0.05) is 29.2 Å². The van der Waals surface area contributed by atoms with Gasteiger partial charge >= 0.3 is 6.18 Å². The monoisotopic (exact) mass is 583 g/mol. The first-order chi connectivity index (χ1) is 20.4. The highest BCUT2D eigenvalue weighted by Crippen LogP contribution is 2.33. The van der Waals surface area contributed by atoms with Gasteiger partial charge in [0.15, 0.2) is 5.78 Å². The number of anilines is 1. The predicted molar refractivity (Wildman–Crippen MR) is 160 cm³/mol. The quantitative estimate of drug-likeness (QED) is 0.208. The Labute approximate surface area is 246 Å². The summed E-state index contributed by atoms with van der Waals surface area (Å²) in [6.45, 7) is 3.21. The normalized spacial score (nSPS) is 12.1. The average molecular weight is 584 g/mol. The number of amides is 2. The van der Waals surface area contributed by atoms with Crippen LogP contribution in [0.15, 0.2) is 97.1 Å². The van der Waals surface area contributed by atoms with E-state index in [1.54, 1.807) is 85.3 Å². The molecular weight excluding hydrogens is 555 g/mol. The van der Waals surface area contributed by atoms with Crippen molar-refractivity contribution < 1.29 is 27.6 Å². The third-order valence-corrected chi connectivity index (χ3v) is 7.37. The second kappa shape index (κ2) is 11.6. The van der Waals surface area contributed by atoms with Crippen LogP contribution >= 0.6 is 0 Å². The molecule has 1 unspecified atom stereocenters. The molecule has 2 amide bonds. The molecule has 0 saturated carbocycles. The van der Waals surface area contributed by atoms with E-state index in [1.165, 1.54) is 19.1 Å². The number of carbonyl (C=O) groups excluding carboxylic acids is 3. The Morgan fingerprint density at radius 1 is 0.814 bits per heavy atom. The largest absolute Gasteiger partial charge is 0.416 e. The van der Waals surface area contributed by atoms with Gasteiger partial charge in [-0.3, -0.25) is 14.4 Å². The molecule has 0 saturated heterocycles. The van der Waals surface area contributed by atoms with Gasteiger partial charge in [-0.1, -0.05) is 54.6 Å². The van der Waals surface area contributed by atoms with Gasteiger partial charge < -0.3 is 15.2 Å². The number of ketones is 1. The molecular formula is C34H28F3N3O3. The Morgan fingerprint density at radius 2 is 1.51 bits per heavy atom. The smallest absolute Gasteiger partial charge is 0.340 e. The second-order valence-electron chi connectivity index (χ2n) is 10.3. The van der Waals surface area contributed by atoms with Gasteiger partial charge in [0.05, 0.1) is 5.56 Å². The number of alkyl halides is 3. The van der Waals surface area contributed by atoms with Crippen LogP contribution in [0.1, 0.15) is 50.5 Å². The fraction of sp³-hybridized carbons (Fsp3) is 0.147. The third-order valence-electron chi connectivity index (χ3n) is 7.37. The van der Waals surface area contributed by atoms with Crippen molar-refractivity contribution in [3.63, 3.8) is 0 Å². The Hall–Kier alpha value is -5.18. The topological polar surface area (TPSA) is 80.2 Å². The van der Waals surface area contributed by atoms with Gasteiger partial charge in [0.2, 0.25) is 0 Å². The Balaban J connectivity index is 1.40. The second-order valence-corrected chi connectivity index (χ2v) is 10.3. The molecule has 1 atom stereocenters. The van der Waals surface area contributed by atoms with Gasteiger partial charge in [0.1, 0.15) is 11.7 Å². The number of aryl methyl sites for hydroxylation is 2. The fourth-order valence-corrected chi connectivity index (χ4v) is 5.18. The number of halogens is 3. The molecule has 4 aromatic carbocycles. The Morgan fingerprint density at radius 3 is 2.16 bits per heavy atom. The van der Waals surface area contributed by atoms with Crippen LogP contribution in [0, 0.1) is 6.92 Å². The first kappa shape index (κ1) is 29.3. The molecule has 9 heteroatoms. The van der Waals surface area contributed by atoms with E-state index in [-0.39, 0.29) is 5.78 Å². The lowest BCUT2D eigenvalue weighted by molar-refractivity contribution is -0.137. The van der Waals surface area contributed by atoms with E-state index in [2.05, 4.69) is 10.6 Å². The van der Waals surface area contributed by atoms with Crippen molar-refractivity contribution in [3.8, 4) is 11.1 Å². The zero-order valence-corrected chi connectivity index (χ0v) is 23.6. The SMILES string of the molecule is CC(=O)C(NC(=O)c1cc2cc(NC(=O)c3cccc(C)c3-c3ccc(C(F)(F)F)cc3)ccc2n1C)c1ccccc1. The molecule has 0 bridgehead atoms. The molecule has 0 spiro atoms. The number of benzene rings is 4. The molecule has 0 radical (unpaired) electrons. The van der Waals surface area contributed by atoms with Gasteiger partial charge in [-0.2, -0.15) is 13.2 Å². The summed E-state index contributed by atoms with van der Waals surface area (Å²) in [4.78, 5) is 39.0. The number of nitrogens with one attached hydrogen (secondary N) is 2. The van der Waals surface area contributed by atoms with E-state index >= 15 is 0 Å². The van der Waals surface area contributed by atoms with Crippen molar-refractivity contribution >= 4 is 34.2 Å². The molecule has 5 aromatic rings. The van der Waals surface area contributed by atoms with E-state index in [4.69, 9.17) is 0 Å². The van der Waals surface area contributed by atoms with Crippen molar-refractivity contribution in [2.45, 2.75) is 26.1 Å². The van der Waals surface area contributed by atoms with Crippen LogP contribution in [0.3, 0.4) is 0 Å². The van der Waals surface area contributed by atoms with E-state index in [0.717, 1.165) is 23.2 Å². The number of hydrogen-bond acceptors (Lipinski definition) is 3. The van der Waals surface area contributed by atoms with Gasteiger partial charge in [-0.05, 0) is 78.6 Å². The minimum absolute atomic E-state index is 0.199. The summed E-state index contributed by atoms with van der Waals surface area (Å²) in [5.41, 5.74) is 3.53. The van der Waals surface area contributed by atoms with Crippen molar-refractivity contribution in [1.82, 2.24) is 9.88 Å².